The van der Waals surface area contributed by atoms with Crippen molar-refractivity contribution in [2.24, 2.45) is 5.73 Å². The highest BCUT2D eigenvalue weighted by atomic mass is 35.5. The number of aryl methyl sites for hydroxylation is 1. The van der Waals surface area contributed by atoms with E-state index in [2.05, 4.69) is 4.98 Å². The molecule has 1 aliphatic carbocycles. The Labute approximate surface area is 134 Å². The Hall–Kier alpha value is -1.16. The maximum Gasteiger partial charge on any atom is 0.132 e. The highest BCUT2D eigenvalue weighted by molar-refractivity contribution is 6.35. The van der Waals surface area contributed by atoms with E-state index in [4.69, 9.17) is 33.9 Å². The fraction of sp³-hybridized carbons (Fsp3) is 0.375. The fourth-order valence-electron chi connectivity index (χ4n) is 2.71. The van der Waals surface area contributed by atoms with E-state index in [1.54, 1.807) is 6.07 Å². The normalized spacial score (nSPS) is 18.1. The lowest BCUT2D eigenvalue weighted by Gasteiger charge is -2.12. The zero-order chi connectivity index (χ0) is 14.8. The Morgan fingerprint density at radius 3 is 2.90 bits per heavy atom. The average molecular weight is 322 g/mol. The van der Waals surface area contributed by atoms with Crippen LogP contribution in [0.3, 0.4) is 0 Å². The van der Waals surface area contributed by atoms with E-state index in [1.807, 2.05) is 18.3 Å². The van der Waals surface area contributed by atoms with Crippen molar-refractivity contribution in [2.75, 3.05) is 0 Å². The number of hydrogen-bond acceptors (Lipinski definition) is 3. The molecule has 0 saturated heterocycles. The maximum absolute atomic E-state index is 6.21. The number of hydrogen-bond donors (Lipinski definition) is 1. The molecule has 1 aromatic heterocycles. The lowest BCUT2D eigenvalue weighted by atomic mass is 10.1. The van der Waals surface area contributed by atoms with E-state index in [9.17, 15) is 0 Å². The third-order valence-electron chi connectivity index (χ3n) is 3.89. The number of nitrogens with zero attached hydrogens (tertiary/aromatic N) is 2. The van der Waals surface area contributed by atoms with Gasteiger partial charge in [0.25, 0.3) is 0 Å². The molecule has 0 radical (unpaired) electrons. The van der Waals surface area contributed by atoms with Crippen LogP contribution in [0.4, 0.5) is 0 Å². The summed E-state index contributed by atoms with van der Waals surface area (Å²) >= 11 is 12.1. The van der Waals surface area contributed by atoms with E-state index < -0.39 is 0 Å². The second-order valence-corrected chi connectivity index (χ2v) is 6.30. The first-order valence-electron chi connectivity index (χ1n) is 7.17. The third kappa shape index (κ3) is 3.37. The summed E-state index contributed by atoms with van der Waals surface area (Å²) < 4.78 is 0. The molecule has 1 heterocycles. The van der Waals surface area contributed by atoms with Gasteiger partial charge in [-0.3, -0.25) is 0 Å². The Bertz CT molecular complexity index is 658. The highest BCUT2D eigenvalue weighted by Gasteiger charge is 2.17. The zero-order valence-electron chi connectivity index (χ0n) is 11.6. The second-order valence-electron chi connectivity index (χ2n) is 5.45. The quantitative estimate of drug-likeness (QED) is 0.847. The van der Waals surface area contributed by atoms with Gasteiger partial charge < -0.3 is 5.73 Å². The minimum atomic E-state index is 0.0654. The Balaban J connectivity index is 1.88. The van der Waals surface area contributed by atoms with Crippen molar-refractivity contribution in [1.29, 1.82) is 0 Å². The lowest BCUT2D eigenvalue weighted by molar-refractivity contribution is 0.614. The second kappa shape index (κ2) is 6.30. The molecule has 5 heteroatoms. The Morgan fingerprint density at radius 2 is 2.10 bits per heavy atom. The van der Waals surface area contributed by atoms with Gasteiger partial charge in [-0.25, -0.2) is 9.97 Å². The van der Waals surface area contributed by atoms with Gasteiger partial charge in [0.15, 0.2) is 0 Å². The molecule has 2 aromatic rings. The average Bonchev–Trinajstić information content (AvgIpc) is 2.64. The molecule has 3 nitrogen and oxygen atoms in total. The molecule has 0 saturated carbocycles. The van der Waals surface area contributed by atoms with Crippen LogP contribution in [-0.2, 0) is 12.8 Å². The number of halogens is 2. The molecule has 0 amide bonds. The van der Waals surface area contributed by atoms with Gasteiger partial charge in [0.05, 0.1) is 0 Å². The van der Waals surface area contributed by atoms with E-state index in [1.165, 1.54) is 0 Å². The van der Waals surface area contributed by atoms with Crippen molar-refractivity contribution in [3.8, 4) is 0 Å². The molecule has 1 aromatic carbocycles. The number of nitrogens with two attached hydrogens (primary N) is 1. The molecule has 1 aliphatic rings. The van der Waals surface area contributed by atoms with Crippen LogP contribution in [0.1, 0.15) is 47.9 Å². The smallest absolute Gasteiger partial charge is 0.132 e. The summed E-state index contributed by atoms with van der Waals surface area (Å²) in [5.41, 5.74) is 9.35. The minimum absolute atomic E-state index is 0.0654. The Morgan fingerprint density at radius 1 is 1.24 bits per heavy atom. The predicted molar refractivity (Wildman–Crippen MR) is 85.8 cm³/mol. The Kier molecular flexibility index (Phi) is 4.43. The predicted octanol–water partition coefficient (Wildman–Crippen LogP) is 4.10. The molecule has 1 atom stereocenters. The van der Waals surface area contributed by atoms with Crippen LogP contribution >= 0.6 is 23.2 Å². The van der Waals surface area contributed by atoms with Gasteiger partial charge in [-0.2, -0.15) is 0 Å². The zero-order valence-corrected chi connectivity index (χ0v) is 13.2. The van der Waals surface area contributed by atoms with Crippen LogP contribution in [0.2, 0.25) is 10.0 Å². The molecule has 0 spiro atoms. The van der Waals surface area contributed by atoms with Gasteiger partial charge in [0.2, 0.25) is 0 Å². The van der Waals surface area contributed by atoms with Crippen molar-refractivity contribution in [2.45, 2.75) is 38.1 Å². The first kappa shape index (κ1) is 14.8. The summed E-state index contributed by atoms with van der Waals surface area (Å²) in [5.74, 6) is 0.784. The number of rotatable bonds is 2. The van der Waals surface area contributed by atoms with Gasteiger partial charge >= 0.3 is 0 Å². The summed E-state index contributed by atoms with van der Waals surface area (Å²) in [4.78, 5) is 9.16. The minimum Gasteiger partial charge on any atom is -0.324 e. The molecular weight excluding hydrogens is 305 g/mol. The van der Waals surface area contributed by atoms with Gasteiger partial charge in [0.1, 0.15) is 5.82 Å². The highest BCUT2D eigenvalue weighted by Crippen LogP contribution is 2.26. The van der Waals surface area contributed by atoms with Gasteiger partial charge in [0, 0.05) is 40.0 Å². The van der Waals surface area contributed by atoms with E-state index in [0.29, 0.717) is 16.5 Å². The van der Waals surface area contributed by atoms with Crippen molar-refractivity contribution >= 4 is 23.2 Å². The van der Waals surface area contributed by atoms with Gasteiger partial charge in [-0.15, -0.1) is 0 Å². The third-order valence-corrected chi connectivity index (χ3v) is 4.48. The van der Waals surface area contributed by atoms with Gasteiger partial charge in [-0.05, 0) is 37.0 Å². The molecule has 0 bridgehead atoms. The van der Waals surface area contributed by atoms with Crippen LogP contribution in [0.5, 0.6) is 0 Å². The molecule has 2 N–H and O–H groups in total. The number of benzene rings is 1. The summed E-state index contributed by atoms with van der Waals surface area (Å²) in [5, 5.41) is 1.29. The molecular formula is C16H17Cl2N3. The SMILES string of the molecule is NC1CCCCc2nc(Cc3ccc(Cl)cc3Cl)ncc21. The molecule has 3 rings (SSSR count). The van der Waals surface area contributed by atoms with Gasteiger partial charge in [-0.1, -0.05) is 35.7 Å². The lowest BCUT2D eigenvalue weighted by Crippen LogP contribution is -2.13. The maximum atomic E-state index is 6.21. The molecule has 0 aliphatic heterocycles. The largest absolute Gasteiger partial charge is 0.324 e. The van der Waals surface area contributed by atoms with Crippen molar-refractivity contribution in [1.82, 2.24) is 9.97 Å². The molecule has 110 valence electrons. The monoisotopic (exact) mass is 321 g/mol. The van der Waals surface area contributed by atoms with E-state index >= 15 is 0 Å². The first-order valence-corrected chi connectivity index (χ1v) is 7.93. The van der Waals surface area contributed by atoms with Crippen LogP contribution < -0.4 is 5.73 Å². The van der Waals surface area contributed by atoms with Crippen molar-refractivity contribution in [3.63, 3.8) is 0 Å². The summed E-state index contributed by atoms with van der Waals surface area (Å²) in [6, 6.07) is 5.57. The molecule has 1 unspecified atom stereocenters. The first-order chi connectivity index (χ1) is 10.1. The van der Waals surface area contributed by atoms with Crippen molar-refractivity contribution in [3.05, 3.63) is 57.1 Å². The standard InChI is InChI=1S/C16H17Cl2N3/c17-11-6-5-10(13(18)8-11)7-16-20-9-12-14(19)3-1-2-4-15(12)21-16/h5-6,8-9,14H,1-4,7,19H2. The summed E-state index contributed by atoms with van der Waals surface area (Å²) in [6.45, 7) is 0. The van der Waals surface area contributed by atoms with E-state index in [0.717, 1.165) is 48.3 Å². The topological polar surface area (TPSA) is 51.8 Å². The van der Waals surface area contributed by atoms with Crippen LogP contribution in [0.25, 0.3) is 0 Å². The van der Waals surface area contributed by atoms with Crippen LogP contribution in [-0.4, -0.2) is 9.97 Å². The number of fused-ring (bicyclic) bond motifs is 1. The summed E-state index contributed by atoms with van der Waals surface area (Å²) in [7, 11) is 0. The van der Waals surface area contributed by atoms with Crippen molar-refractivity contribution < 1.29 is 0 Å². The fourth-order valence-corrected chi connectivity index (χ4v) is 3.19. The van der Waals surface area contributed by atoms with E-state index in [-0.39, 0.29) is 6.04 Å². The number of aromatic nitrogens is 2. The molecule has 0 fully saturated rings. The summed E-state index contributed by atoms with van der Waals surface area (Å²) in [6.07, 6.45) is 6.77. The van der Waals surface area contributed by atoms with Crippen LogP contribution in [0.15, 0.2) is 24.4 Å². The van der Waals surface area contributed by atoms with Crippen LogP contribution in [0, 0.1) is 0 Å². The molecule has 21 heavy (non-hydrogen) atoms.